The Kier molecular flexibility index (Phi) is 6.24. The molecule has 1 aliphatic heterocycles. The number of amides is 1. The molecule has 0 unspecified atom stereocenters. The van der Waals surface area contributed by atoms with Crippen LogP contribution in [0.15, 0.2) is 12.1 Å². The highest BCUT2D eigenvalue weighted by Gasteiger charge is 2.28. The molecular formula is C17H26N2O4. The molecule has 6 nitrogen and oxygen atoms in total. The molecule has 0 fully saturated rings. The molecule has 0 spiro atoms. The Labute approximate surface area is 137 Å². The summed E-state index contributed by atoms with van der Waals surface area (Å²) in [5.74, 6) is 1.30. The second-order valence-corrected chi connectivity index (χ2v) is 5.83. The molecule has 6 heteroatoms. The van der Waals surface area contributed by atoms with Crippen molar-refractivity contribution in [2.75, 3.05) is 47.5 Å². The quantitative estimate of drug-likeness (QED) is 0.744. The van der Waals surface area contributed by atoms with Crippen molar-refractivity contribution in [2.24, 2.45) is 0 Å². The van der Waals surface area contributed by atoms with Gasteiger partial charge in [-0.1, -0.05) is 0 Å². The summed E-state index contributed by atoms with van der Waals surface area (Å²) in [5.41, 5.74) is 1.69. The lowest BCUT2D eigenvalue weighted by molar-refractivity contribution is 0.0772. The summed E-state index contributed by atoms with van der Waals surface area (Å²) in [4.78, 5) is 16.5. The van der Waals surface area contributed by atoms with E-state index in [2.05, 4.69) is 4.90 Å². The van der Waals surface area contributed by atoms with E-state index in [0.717, 1.165) is 38.0 Å². The molecular weight excluding hydrogens is 296 g/mol. The van der Waals surface area contributed by atoms with Crippen LogP contribution < -0.4 is 9.47 Å². The zero-order valence-corrected chi connectivity index (χ0v) is 14.2. The molecule has 1 N–H and O–H groups in total. The van der Waals surface area contributed by atoms with E-state index in [9.17, 15) is 4.79 Å². The van der Waals surface area contributed by atoms with E-state index >= 15 is 0 Å². The normalized spacial score (nSPS) is 13.6. The molecule has 1 aromatic carbocycles. The number of nitrogens with zero attached hydrogens (tertiary/aromatic N) is 2. The van der Waals surface area contributed by atoms with Crippen molar-refractivity contribution < 1.29 is 19.4 Å². The first-order valence-corrected chi connectivity index (χ1v) is 7.94. The Bertz CT molecular complexity index is 548. The summed E-state index contributed by atoms with van der Waals surface area (Å²) in [6, 6.07) is 3.66. The lowest BCUT2D eigenvalue weighted by Crippen LogP contribution is -2.29. The third kappa shape index (κ3) is 4.14. The van der Waals surface area contributed by atoms with E-state index in [0.29, 0.717) is 23.6 Å². The van der Waals surface area contributed by atoms with Gasteiger partial charge in [-0.2, -0.15) is 0 Å². The summed E-state index contributed by atoms with van der Waals surface area (Å²) in [6.07, 6.45) is 1.69. The van der Waals surface area contributed by atoms with Crippen LogP contribution in [0, 0.1) is 0 Å². The largest absolute Gasteiger partial charge is 0.493 e. The first-order valence-electron chi connectivity index (χ1n) is 7.94. The van der Waals surface area contributed by atoms with Crippen molar-refractivity contribution in [1.29, 1.82) is 0 Å². The molecule has 2 rings (SSSR count). The summed E-state index contributed by atoms with van der Waals surface area (Å²) >= 11 is 0. The van der Waals surface area contributed by atoms with Gasteiger partial charge in [0.25, 0.3) is 5.91 Å². The molecule has 1 aromatic rings. The monoisotopic (exact) mass is 322 g/mol. The van der Waals surface area contributed by atoms with Crippen LogP contribution in [-0.2, 0) is 6.54 Å². The fraction of sp³-hybridized carbons (Fsp3) is 0.588. The molecule has 128 valence electrons. The summed E-state index contributed by atoms with van der Waals surface area (Å²) < 4.78 is 10.6. The zero-order valence-electron chi connectivity index (χ0n) is 14.2. The van der Waals surface area contributed by atoms with E-state index in [1.807, 2.05) is 18.0 Å². The smallest absolute Gasteiger partial charge is 0.254 e. The average molecular weight is 322 g/mol. The summed E-state index contributed by atoms with van der Waals surface area (Å²) in [6.45, 7) is 3.34. The number of hydrogen-bond acceptors (Lipinski definition) is 5. The van der Waals surface area contributed by atoms with E-state index < -0.39 is 0 Å². The van der Waals surface area contributed by atoms with E-state index in [1.165, 1.54) is 0 Å². The minimum atomic E-state index is 0.0546. The van der Waals surface area contributed by atoms with Crippen molar-refractivity contribution in [3.8, 4) is 11.5 Å². The fourth-order valence-electron chi connectivity index (χ4n) is 2.86. The minimum Gasteiger partial charge on any atom is -0.493 e. The highest BCUT2D eigenvalue weighted by atomic mass is 16.5. The highest BCUT2D eigenvalue weighted by Crippen LogP contribution is 2.34. The number of fused-ring (bicyclic) bond motifs is 1. The predicted octanol–water partition coefficient (Wildman–Crippen LogP) is 1.36. The lowest BCUT2D eigenvalue weighted by Gasteiger charge is -2.19. The highest BCUT2D eigenvalue weighted by molar-refractivity contribution is 5.99. The van der Waals surface area contributed by atoms with Gasteiger partial charge in [0.2, 0.25) is 0 Å². The van der Waals surface area contributed by atoms with Gasteiger partial charge in [0.1, 0.15) is 0 Å². The predicted molar refractivity (Wildman–Crippen MR) is 88.1 cm³/mol. The number of aliphatic hydroxyl groups is 1. The van der Waals surface area contributed by atoms with Crippen LogP contribution in [0.25, 0.3) is 0 Å². The van der Waals surface area contributed by atoms with Gasteiger partial charge < -0.3 is 24.4 Å². The molecule has 0 bridgehead atoms. The molecule has 0 radical (unpaired) electrons. The second-order valence-electron chi connectivity index (χ2n) is 5.83. The molecule has 23 heavy (non-hydrogen) atoms. The zero-order chi connectivity index (χ0) is 16.8. The maximum atomic E-state index is 12.5. The van der Waals surface area contributed by atoms with Crippen LogP contribution in [0.3, 0.4) is 0 Å². The van der Waals surface area contributed by atoms with Crippen molar-refractivity contribution in [1.82, 2.24) is 9.80 Å². The SMILES string of the molecule is COc1cc2c(cc1OC)C(=O)N(CCCN(C)CCCO)C2. The number of benzene rings is 1. The Morgan fingerprint density at radius 1 is 1.17 bits per heavy atom. The maximum absolute atomic E-state index is 12.5. The molecule has 1 heterocycles. The van der Waals surface area contributed by atoms with Crippen molar-refractivity contribution >= 4 is 5.91 Å². The van der Waals surface area contributed by atoms with Gasteiger partial charge in [0.15, 0.2) is 11.5 Å². The third-order valence-corrected chi connectivity index (χ3v) is 4.15. The Morgan fingerprint density at radius 3 is 2.48 bits per heavy atom. The molecule has 0 aliphatic carbocycles. The van der Waals surface area contributed by atoms with Crippen molar-refractivity contribution in [2.45, 2.75) is 19.4 Å². The van der Waals surface area contributed by atoms with E-state index in [4.69, 9.17) is 14.6 Å². The molecule has 0 aromatic heterocycles. The van der Waals surface area contributed by atoms with Crippen molar-refractivity contribution in [3.05, 3.63) is 23.3 Å². The molecule has 1 aliphatic rings. The van der Waals surface area contributed by atoms with Gasteiger partial charge in [-0.05, 0) is 44.1 Å². The minimum absolute atomic E-state index is 0.0546. The number of aliphatic hydroxyl groups excluding tert-OH is 1. The van der Waals surface area contributed by atoms with Crippen LogP contribution in [0.2, 0.25) is 0 Å². The van der Waals surface area contributed by atoms with Gasteiger partial charge in [0, 0.05) is 31.8 Å². The average Bonchev–Trinajstić information content (AvgIpc) is 2.87. The van der Waals surface area contributed by atoms with Crippen molar-refractivity contribution in [3.63, 3.8) is 0 Å². The van der Waals surface area contributed by atoms with Gasteiger partial charge in [-0.25, -0.2) is 0 Å². The number of carbonyl (C=O) groups excluding carboxylic acids is 1. The van der Waals surface area contributed by atoms with Crippen LogP contribution in [0.4, 0.5) is 0 Å². The van der Waals surface area contributed by atoms with Gasteiger partial charge in [-0.15, -0.1) is 0 Å². The van der Waals surface area contributed by atoms with Crippen LogP contribution in [-0.4, -0.2) is 68.3 Å². The molecule has 0 atom stereocenters. The number of carbonyl (C=O) groups is 1. The first kappa shape index (κ1) is 17.6. The van der Waals surface area contributed by atoms with Crippen LogP contribution in [0.5, 0.6) is 11.5 Å². The standard InChI is InChI=1S/C17H26N2O4/c1-18(7-5-9-20)6-4-8-19-12-13-10-15(22-2)16(23-3)11-14(13)17(19)21/h10-11,20H,4-9,12H2,1-3H3. The van der Waals surface area contributed by atoms with E-state index in [1.54, 1.807) is 20.3 Å². The van der Waals surface area contributed by atoms with Crippen LogP contribution in [0.1, 0.15) is 28.8 Å². The first-order chi connectivity index (χ1) is 11.1. The number of rotatable bonds is 9. The second kappa shape index (κ2) is 8.17. The Morgan fingerprint density at radius 2 is 1.83 bits per heavy atom. The number of methoxy groups -OCH3 is 2. The Balaban J connectivity index is 1.93. The number of ether oxygens (including phenoxy) is 2. The molecule has 1 amide bonds. The Hall–Kier alpha value is -1.79. The van der Waals surface area contributed by atoms with Gasteiger partial charge in [0.05, 0.1) is 14.2 Å². The summed E-state index contributed by atoms with van der Waals surface area (Å²) in [7, 11) is 5.20. The van der Waals surface area contributed by atoms with E-state index in [-0.39, 0.29) is 12.5 Å². The van der Waals surface area contributed by atoms with Crippen LogP contribution >= 0.6 is 0 Å². The van der Waals surface area contributed by atoms with Gasteiger partial charge >= 0.3 is 0 Å². The molecule has 0 saturated carbocycles. The number of hydrogen-bond donors (Lipinski definition) is 1. The summed E-state index contributed by atoms with van der Waals surface area (Å²) in [5, 5.41) is 8.83. The topological polar surface area (TPSA) is 62.2 Å². The lowest BCUT2D eigenvalue weighted by atomic mass is 10.1. The maximum Gasteiger partial charge on any atom is 0.254 e. The van der Waals surface area contributed by atoms with Gasteiger partial charge in [-0.3, -0.25) is 4.79 Å². The third-order valence-electron chi connectivity index (χ3n) is 4.15. The molecule has 0 saturated heterocycles. The fourth-order valence-corrected chi connectivity index (χ4v) is 2.86.